The fourth-order valence-electron chi connectivity index (χ4n) is 1.22. The van der Waals surface area contributed by atoms with Crippen LogP contribution in [-0.4, -0.2) is 41.9 Å². The van der Waals surface area contributed by atoms with Crippen molar-refractivity contribution in [3.05, 3.63) is 0 Å². The number of hydrogen-bond acceptors (Lipinski definition) is 3. The quantitative estimate of drug-likeness (QED) is 0.603. The van der Waals surface area contributed by atoms with E-state index in [1.807, 2.05) is 0 Å². The third-order valence-corrected chi connectivity index (χ3v) is 1.88. The third kappa shape index (κ3) is 3.16. The van der Waals surface area contributed by atoms with Crippen molar-refractivity contribution >= 4 is 24.2 Å². The summed E-state index contributed by atoms with van der Waals surface area (Å²) in [4.78, 5) is 24.0. The molecule has 14 heavy (non-hydrogen) atoms. The highest BCUT2D eigenvalue weighted by Crippen LogP contribution is 2.05. The Morgan fingerprint density at radius 1 is 1.57 bits per heavy atom. The van der Waals surface area contributed by atoms with Gasteiger partial charge in [0.25, 0.3) is 0 Å². The summed E-state index contributed by atoms with van der Waals surface area (Å²) in [7, 11) is 0. The maximum atomic E-state index is 11.6. The second-order valence-corrected chi connectivity index (χ2v) is 3.80. The van der Waals surface area contributed by atoms with E-state index in [1.54, 1.807) is 13.8 Å². The Hall–Kier alpha value is -0.810. The first-order valence-corrected chi connectivity index (χ1v) is 4.26. The molecule has 1 rings (SSSR count). The monoisotopic (exact) mass is 221 g/mol. The van der Waals surface area contributed by atoms with E-state index in [1.165, 1.54) is 4.90 Å². The van der Waals surface area contributed by atoms with Crippen LogP contribution in [0.2, 0.25) is 0 Å². The SMILES string of the molecule is CC(C)(N)C(=O)N1CCNC(=O)C1.Cl. The van der Waals surface area contributed by atoms with Gasteiger partial charge in [-0.1, -0.05) is 0 Å². The van der Waals surface area contributed by atoms with Crippen LogP contribution >= 0.6 is 12.4 Å². The molecule has 82 valence electrons. The molecular formula is C8H16ClN3O2. The predicted octanol–water partition coefficient (Wildman–Crippen LogP) is -0.896. The second-order valence-electron chi connectivity index (χ2n) is 3.80. The lowest BCUT2D eigenvalue weighted by Gasteiger charge is -2.31. The third-order valence-electron chi connectivity index (χ3n) is 1.88. The second kappa shape index (κ2) is 4.61. The number of nitrogens with one attached hydrogen (secondary N) is 1. The standard InChI is InChI=1S/C8H15N3O2.ClH/c1-8(2,9)7(13)11-4-3-10-6(12)5-11;/h3-5,9H2,1-2H3,(H,10,12);1H. The lowest BCUT2D eigenvalue weighted by Crippen LogP contribution is -2.57. The summed E-state index contributed by atoms with van der Waals surface area (Å²) in [5, 5.41) is 2.64. The molecule has 1 heterocycles. The zero-order valence-corrected chi connectivity index (χ0v) is 9.19. The van der Waals surface area contributed by atoms with E-state index in [-0.39, 0.29) is 30.8 Å². The van der Waals surface area contributed by atoms with Crippen molar-refractivity contribution in [3.8, 4) is 0 Å². The molecule has 0 atom stereocenters. The van der Waals surface area contributed by atoms with E-state index in [9.17, 15) is 9.59 Å². The van der Waals surface area contributed by atoms with Crippen molar-refractivity contribution in [1.82, 2.24) is 10.2 Å². The largest absolute Gasteiger partial charge is 0.353 e. The van der Waals surface area contributed by atoms with Gasteiger partial charge in [-0.05, 0) is 13.8 Å². The number of piperazine rings is 1. The smallest absolute Gasteiger partial charge is 0.242 e. The molecule has 0 aromatic carbocycles. The first-order valence-electron chi connectivity index (χ1n) is 4.26. The van der Waals surface area contributed by atoms with Gasteiger partial charge in [0.05, 0.1) is 12.1 Å². The molecule has 0 aromatic rings. The highest BCUT2D eigenvalue weighted by molar-refractivity contribution is 5.90. The van der Waals surface area contributed by atoms with Crippen molar-refractivity contribution in [2.45, 2.75) is 19.4 Å². The Bertz CT molecular complexity index is 237. The molecule has 6 heteroatoms. The summed E-state index contributed by atoms with van der Waals surface area (Å²) in [6.07, 6.45) is 0. The molecule has 1 aliphatic rings. The van der Waals surface area contributed by atoms with Gasteiger partial charge >= 0.3 is 0 Å². The minimum atomic E-state index is -0.891. The van der Waals surface area contributed by atoms with Crippen LogP contribution in [-0.2, 0) is 9.59 Å². The van der Waals surface area contributed by atoms with Crippen LogP contribution in [0.5, 0.6) is 0 Å². The molecule has 0 aliphatic carbocycles. The van der Waals surface area contributed by atoms with Gasteiger partial charge in [-0.3, -0.25) is 9.59 Å². The zero-order chi connectivity index (χ0) is 10.1. The molecule has 0 bridgehead atoms. The van der Waals surface area contributed by atoms with Gasteiger partial charge in [0.15, 0.2) is 0 Å². The van der Waals surface area contributed by atoms with Crippen molar-refractivity contribution in [3.63, 3.8) is 0 Å². The minimum Gasteiger partial charge on any atom is -0.353 e. The molecule has 1 saturated heterocycles. The molecule has 5 nitrogen and oxygen atoms in total. The van der Waals surface area contributed by atoms with Crippen molar-refractivity contribution in [1.29, 1.82) is 0 Å². The fraction of sp³-hybridized carbons (Fsp3) is 0.750. The summed E-state index contributed by atoms with van der Waals surface area (Å²) < 4.78 is 0. The molecule has 0 aromatic heterocycles. The molecule has 0 saturated carbocycles. The summed E-state index contributed by atoms with van der Waals surface area (Å²) in [6, 6.07) is 0. The number of amides is 2. The van der Waals surface area contributed by atoms with Crippen LogP contribution < -0.4 is 11.1 Å². The van der Waals surface area contributed by atoms with Gasteiger partial charge in [-0.25, -0.2) is 0 Å². The molecule has 0 spiro atoms. The van der Waals surface area contributed by atoms with Gasteiger partial charge in [-0.2, -0.15) is 0 Å². The fourth-order valence-corrected chi connectivity index (χ4v) is 1.22. The summed E-state index contributed by atoms with van der Waals surface area (Å²) in [5.41, 5.74) is 4.74. The number of rotatable bonds is 1. The highest BCUT2D eigenvalue weighted by Gasteiger charge is 2.30. The van der Waals surface area contributed by atoms with E-state index in [0.717, 1.165) is 0 Å². The minimum absolute atomic E-state index is 0. The van der Waals surface area contributed by atoms with Gasteiger partial charge in [-0.15, -0.1) is 12.4 Å². The highest BCUT2D eigenvalue weighted by atomic mass is 35.5. The summed E-state index contributed by atoms with van der Waals surface area (Å²) in [5.74, 6) is -0.300. The zero-order valence-electron chi connectivity index (χ0n) is 8.37. The average molecular weight is 222 g/mol. The Kier molecular flexibility index (Phi) is 4.35. The van der Waals surface area contributed by atoms with E-state index in [0.29, 0.717) is 13.1 Å². The normalized spacial score (nSPS) is 17.1. The topological polar surface area (TPSA) is 75.4 Å². The van der Waals surface area contributed by atoms with E-state index < -0.39 is 5.54 Å². The summed E-state index contributed by atoms with van der Waals surface area (Å²) in [6.45, 7) is 4.47. The molecule has 0 radical (unpaired) electrons. The number of nitrogens with two attached hydrogens (primary N) is 1. The average Bonchev–Trinajstić information content (AvgIpc) is 2.01. The first kappa shape index (κ1) is 13.2. The molecular weight excluding hydrogens is 206 g/mol. The lowest BCUT2D eigenvalue weighted by atomic mass is 10.1. The van der Waals surface area contributed by atoms with Gasteiger partial charge in [0.1, 0.15) is 0 Å². The molecule has 1 fully saturated rings. The van der Waals surface area contributed by atoms with Crippen LogP contribution in [0.15, 0.2) is 0 Å². The van der Waals surface area contributed by atoms with Crippen molar-refractivity contribution in [2.24, 2.45) is 5.73 Å². The molecule has 3 N–H and O–H groups in total. The van der Waals surface area contributed by atoms with Crippen LogP contribution in [0.4, 0.5) is 0 Å². The Balaban J connectivity index is 0.00000169. The van der Waals surface area contributed by atoms with Crippen LogP contribution in [0.25, 0.3) is 0 Å². The Morgan fingerprint density at radius 2 is 2.14 bits per heavy atom. The van der Waals surface area contributed by atoms with Gasteiger partial charge in [0, 0.05) is 13.1 Å². The maximum Gasteiger partial charge on any atom is 0.242 e. The predicted molar refractivity (Wildman–Crippen MR) is 55.1 cm³/mol. The van der Waals surface area contributed by atoms with Gasteiger partial charge in [0.2, 0.25) is 11.8 Å². The van der Waals surface area contributed by atoms with E-state index in [4.69, 9.17) is 5.73 Å². The summed E-state index contributed by atoms with van der Waals surface area (Å²) >= 11 is 0. The van der Waals surface area contributed by atoms with Crippen molar-refractivity contribution < 1.29 is 9.59 Å². The maximum absolute atomic E-state index is 11.6. The number of carbonyl (C=O) groups excluding carboxylic acids is 2. The van der Waals surface area contributed by atoms with E-state index in [2.05, 4.69) is 5.32 Å². The lowest BCUT2D eigenvalue weighted by molar-refractivity contribution is -0.141. The van der Waals surface area contributed by atoms with Gasteiger partial charge < -0.3 is 16.0 Å². The first-order chi connectivity index (χ1) is 5.91. The number of nitrogens with zero attached hydrogens (tertiary/aromatic N) is 1. The number of hydrogen-bond donors (Lipinski definition) is 2. The number of carbonyl (C=O) groups is 2. The Morgan fingerprint density at radius 3 is 2.57 bits per heavy atom. The molecule has 1 aliphatic heterocycles. The van der Waals surface area contributed by atoms with Crippen molar-refractivity contribution in [2.75, 3.05) is 19.6 Å². The van der Waals surface area contributed by atoms with Crippen LogP contribution in [0.1, 0.15) is 13.8 Å². The molecule has 2 amide bonds. The number of halogens is 1. The van der Waals surface area contributed by atoms with E-state index >= 15 is 0 Å². The molecule has 0 unspecified atom stereocenters. The van der Waals surface area contributed by atoms with Crippen LogP contribution in [0.3, 0.4) is 0 Å². The van der Waals surface area contributed by atoms with Crippen LogP contribution in [0, 0.1) is 0 Å². The Labute approximate surface area is 89.4 Å².